The van der Waals surface area contributed by atoms with Gasteiger partial charge in [0, 0.05) is 10.8 Å². The second-order valence-electron chi connectivity index (χ2n) is 15.6. The fourth-order valence-corrected chi connectivity index (χ4v) is 7.92. The third-order valence-electron chi connectivity index (χ3n) is 11.5. The number of fused-ring (bicyclic) bond motifs is 1. The zero-order valence-electron chi connectivity index (χ0n) is 26.9. The van der Waals surface area contributed by atoms with Crippen LogP contribution in [-0.4, -0.2) is 11.6 Å². The molecular formula is C35H57NO2. The highest BCUT2D eigenvalue weighted by Gasteiger charge is 2.61. The Bertz CT molecular complexity index is 1020. The average Bonchev–Trinajstić information content (AvgIpc) is 2.81. The first-order chi connectivity index (χ1) is 17.2. The van der Waals surface area contributed by atoms with Crippen molar-refractivity contribution in [3.63, 3.8) is 0 Å². The summed E-state index contributed by atoms with van der Waals surface area (Å²) in [6.45, 7) is 26.8. The van der Waals surface area contributed by atoms with Crippen LogP contribution in [0.25, 0.3) is 0 Å². The smallest absolute Gasteiger partial charge is 0.178 e. The van der Waals surface area contributed by atoms with Gasteiger partial charge in [-0.1, -0.05) is 101 Å². The van der Waals surface area contributed by atoms with Gasteiger partial charge in [0.15, 0.2) is 11.6 Å². The minimum atomic E-state index is -0.637. The molecule has 0 saturated heterocycles. The molecule has 2 aliphatic rings. The number of nitrogens with zero attached hydrogens (tertiary/aromatic N) is 1. The standard InChI is InChI=1S/C35H57NO2/c1-13-16-30(4,5)18-20-33(10,14-2)21-19-31(6,7)35(12)17-15-27-32(8,9)29(38)26(24-36)23-34(27,11)28(35)22-25(3)37/h22-23,27H,13-21H2,1-12H3/b28-22-/t27-,33-,34-,35+/m0/s1. The summed E-state index contributed by atoms with van der Waals surface area (Å²) in [5.74, 6) is 0.0510. The highest BCUT2D eigenvalue weighted by molar-refractivity contribution is 6.04. The number of allylic oxidation sites excluding steroid dienone is 4. The van der Waals surface area contributed by atoms with Gasteiger partial charge in [0.1, 0.15) is 6.07 Å². The highest BCUT2D eigenvalue weighted by atomic mass is 16.1. The van der Waals surface area contributed by atoms with Crippen LogP contribution in [0.5, 0.6) is 0 Å². The molecule has 0 aliphatic heterocycles. The van der Waals surface area contributed by atoms with E-state index >= 15 is 0 Å². The van der Waals surface area contributed by atoms with Crippen LogP contribution in [0.2, 0.25) is 0 Å². The second kappa shape index (κ2) is 11.1. The molecule has 0 aromatic heterocycles. The van der Waals surface area contributed by atoms with Crippen molar-refractivity contribution in [1.82, 2.24) is 0 Å². The molecule has 0 heterocycles. The lowest BCUT2D eigenvalue weighted by Crippen LogP contribution is -2.55. The van der Waals surface area contributed by atoms with Crippen molar-refractivity contribution >= 4 is 11.6 Å². The van der Waals surface area contributed by atoms with Gasteiger partial charge in [-0.05, 0) is 85.5 Å². The van der Waals surface area contributed by atoms with Crippen LogP contribution in [0.1, 0.15) is 141 Å². The molecule has 0 aromatic rings. The fraction of sp³-hybridized carbons (Fsp3) is 0.800. The van der Waals surface area contributed by atoms with Gasteiger partial charge in [-0.15, -0.1) is 0 Å². The molecule has 0 N–H and O–H groups in total. The van der Waals surface area contributed by atoms with Gasteiger partial charge in [0.2, 0.25) is 0 Å². The van der Waals surface area contributed by atoms with Gasteiger partial charge >= 0.3 is 0 Å². The van der Waals surface area contributed by atoms with Crippen molar-refractivity contribution in [2.75, 3.05) is 0 Å². The van der Waals surface area contributed by atoms with E-state index in [4.69, 9.17) is 0 Å². The molecular weight excluding hydrogens is 466 g/mol. The van der Waals surface area contributed by atoms with E-state index < -0.39 is 10.8 Å². The van der Waals surface area contributed by atoms with Crippen molar-refractivity contribution in [3.8, 4) is 6.07 Å². The molecule has 2 rings (SSSR count). The molecule has 0 amide bonds. The van der Waals surface area contributed by atoms with E-state index in [-0.39, 0.29) is 39.3 Å². The van der Waals surface area contributed by atoms with Crippen LogP contribution in [-0.2, 0) is 9.59 Å². The van der Waals surface area contributed by atoms with Gasteiger partial charge in [0.25, 0.3) is 0 Å². The number of rotatable bonds is 11. The molecule has 1 saturated carbocycles. The van der Waals surface area contributed by atoms with Crippen molar-refractivity contribution in [2.24, 2.45) is 38.4 Å². The van der Waals surface area contributed by atoms with Gasteiger partial charge in [0.05, 0.1) is 5.57 Å². The summed E-state index contributed by atoms with van der Waals surface area (Å²) in [6.07, 6.45) is 14.0. The molecule has 0 spiro atoms. The Hall–Kier alpha value is -1.69. The first-order valence-electron chi connectivity index (χ1n) is 15.2. The number of carbonyl (C=O) groups is 2. The van der Waals surface area contributed by atoms with E-state index in [1.165, 1.54) is 32.1 Å². The van der Waals surface area contributed by atoms with Crippen LogP contribution in [0, 0.1) is 49.7 Å². The first kappa shape index (κ1) is 32.5. The monoisotopic (exact) mass is 523 g/mol. The number of hydrogen-bond donors (Lipinski definition) is 0. The lowest BCUT2D eigenvalue weighted by atomic mass is 9.42. The highest BCUT2D eigenvalue weighted by Crippen LogP contribution is 2.67. The third kappa shape index (κ3) is 6.05. The Morgan fingerprint density at radius 1 is 1.03 bits per heavy atom. The maximum absolute atomic E-state index is 13.2. The van der Waals surface area contributed by atoms with Gasteiger partial charge in [-0.25, -0.2) is 0 Å². The Morgan fingerprint density at radius 2 is 1.61 bits per heavy atom. The maximum Gasteiger partial charge on any atom is 0.178 e. The summed E-state index contributed by atoms with van der Waals surface area (Å²) in [7, 11) is 0. The van der Waals surface area contributed by atoms with E-state index in [1.54, 1.807) is 6.92 Å². The number of hydrogen-bond acceptors (Lipinski definition) is 3. The van der Waals surface area contributed by atoms with E-state index in [2.05, 4.69) is 68.4 Å². The Labute approximate surface area is 234 Å². The quantitative estimate of drug-likeness (QED) is 0.253. The number of nitriles is 1. The van der Waals surface area contributed by atoms with Gasteiger partial charge in [-0.3, -0.25) is 9.59 Å². The lowest BCUT2D eigenvalue weighted by molar-refractivity contribution is -0.131. The number of ketones is 2. The largest absolute Gasteiger partial charge is 0.295 e. The van der Waals surface area contributed by atoms with Crippen LogP contribution in [0.4, 0.5) is 0 Å². The van der Waals surface area contributed by atoms with Crippen molar-refractivity contribution in [3.05, 3.63) is 23.3 Å². The third-order valence-corrected chi connectivity index (χ3v) is 11.5. The molecule has 3 heteroatoms. The molecule has 1 fully saturated rings. The van der Waals surface area contributed by atoms with Crippen molar-refractivity contribution in [1.29, 1.82) is 5.26 Å². The Morgan fingerprint density at radius 3 is 2.11 bits per heavy atom. The predicted octanol–water partition coefficient (Wildman–Crippen LogP) is 9.81. The Balaban J connectivity index is 2.48. The Kier molecular flexibility index (Phi) is 9.46. The summed E-state index contributed by atoms with van der Waals surface area (Å²) in [6, 6.07) is 2.19. The maximum atomic E-state index is 13.2. The number of Topliss-reactive ketones (excluding diaryl/α,β-unsaturated/α-hetero) is 1. The minimum absolute atomic E-state index is 0.0436. The normalized spacial score (nSPS) is 30.3. The van der Waals surface area contributed by atoms with Crippen molar-refractivity contribution in [2.45, 2.75) is 141 Å². The molecule has 2 aliphatic carbocycles. The SMILES string of the molecule is CCCC(C)(C)CC[C@](C)(CC)CCC(C)(C)[C@]1(C)CC[C@H]2C(C)(C)C(=O)C(C#N)=C[C@]2(C)/C1=C/C(C)=O. The van der Waals surface area contributed by atoms with E-state index in [0.29, 0.717) is 5.41 Å². The van der Waals surface area contributed by atoms with Crippen LogP contribution in [0.3, 0.4) is 0 Å². The molecule has 0 radical (unpaired) electrons. The average molecular weight is 524 g/mol. The van der Waals surface area contributed by atoms with E-state index in [1.807, 2.05) is 26.0 Å². The molecule has 0 aromatic carbocycles. The van der Waals surface area contributed by atoms with Gasteiger partial charge < -0.3 is 0 Å². The summed E-state index contributed by atoms with van der Waals surface area (Å²) >= 11 is 0. The van der Waals surface area contributed by atoms with Crippen LogP contribution in [0.15, 0.2) is 23.3 Å². The zero-order valence-corrected chi connectivity index (χ0v) is 26.9. The van der Waals surface area contributed by atoms with Crippen molar-refractivity contribution < 1.29 is 9.59 Å². The summed E-state index contributed by atoms with van der Waals surface area (Å²) in [5.41, 5.74) is 0.633. The van der Waals surface area contributed by atoms with Crippen LogP contribution >= 0.6 is 0 Å². The minimum Gasteiger partial charge on any atom is -0.295 e. The molecule has 38 heavy (non-hydrogen) atoms. The lowest BCUT2D eigenvalue weighted by Gasteiger charge is -2.61. The summed E-state index contributed by atoms with van der Waals surface area (Å²) in [5, 5.41) is 9.87. The number of carbonyl (C=O) groups excluding carboxylic acids is 2. The first-order valence-corrected chi connectivity index (χ1v) is 15.2. The fourth-order valence-electron chi connectivity index (χ4n) is 7.92. The zero-order chi connectivity index (χ0) is 29.4. The van der Waals surface area contributed by atoms with Gasteiger partial charge in [-0.2, -0.15) is 5.26 Å². The summed E-state index contributed by atoms with van der Waals surface area (Å²) in [4.78, 5) is 25.9. The molecule has 0 bridgehead atoms. The topological polar surface area (TPSA) is 57.9 Å². The predicted molar refractivity (Wildman–Crippen MR) is 160 cm³/mol. The molecule has 4 atom stereocenters. The molecule has 214 valence electrons. The van der Waals surface area contributed by atoms with E-state index in [0.717, 1.165) is 31.3 Å². The second-order valence-corrected chi connectivity index (χ2v) is 15.6. The summed E-state index contributed by atoms with van der Waals surface area (Å²) < 4.78 is 0. The van der Waals surface area contributed by atoms with Crippen LogP contribution < -0.4 is 0 Å². The molecule has 3 nitrogen and oxygen atoms in total. The van der Waals surface area contributed by atoms with E-state index in [9.17, 15) is 14.9 Å². The molecule has 0 unspecified atom stereocenters.